The standard InChI is InChI=1S/C12H17N3O3/c1-15(8-4-7-11(16)17)12(18)14-10-6-3-2-5-9(10)13/h2-3,5-6H,4,7-8,13H2,1H3,(H,14,18)(H,16,17). The maximum atomic E-state index is 11.8. The van der Waals surface area contributed by atoms with Gasteiger partial charge in [0.15, 0.2) is 0 Å². The molecule has 0 aromatic heterocycles. The molecule has 0 unspecified atom stereocenters. The first kappa shape index (κ1) is 13.8. The Labute approximate surface area is 105 Å². The van der Waals surface area contributed by atoms with Crippen LogP contribution in [0.1, 0.15) is 12.8 Å². The van der Waals surface area contributed by atoms with E-state index in [2.05, 4.69) is 5.32 Å². The second-order valence-electron chi connectivity index (χ2n) is 3.94. The van der Waals surface area contributed by atoms with E-state index in [4.69, 9.17) is 10.8 Å². The van der Waals surface area contributed by atoms with E-state index in [1.54, 1.807) is 31.3 Å². The number of nitrogens with two attached hydrogens (primary N) is 1. The summed E-state index contributed by atoms with van der Waals surface area (Å²) in [7, 11) is 1.61. The molecule has 0 saturated heterocycles. The third-order valence-corrected chi connectivity index (χ3v) is 2.43. The number of carbonyl (C=O) groups excluding carboxylic acids is 1. The van der Waals surface area contributed by atoms with Crippen LogP contribution in [0.3, 0.4) is 0 Å². The summed E-state index contributed by atoms with van der Waals surface area (Å²) in [5.41, 5.74) is 6.74. The summed E-state index contributed by atoms with van der Waals surface area (Å²) in [6.07, 6.45) is 0.467. The van der Waals surface area contributed by atoms with E-state index >= 15 is 0 Å². The molecule has 0 bridgehead atoms. The highest BCUT2D eigenvalue weighted by Crippen LogP contribution is 2.16. The number of rotatable bonds is 5. The van der Waals surface area contributed by atoms with Crippen LogP contribution in [-0.2, 0) is 4.79 Å². The summed E-state index contributed by atoms with van der Waals surface area (Å²) < 4.78 is 0. The minimum Gasteiger partial charge on any atom is -0.481 e. The Morgan fingerprint density at radius 3 is 2.67 bits per heavy atom. The van der Waals surface area contributed by atoms with E-state index in [0.717, 1.165) is 0 Å². The molecule has 0 aliphatic carbocycles. The normalized spacial score (nSPS) is 9.83. The summed E-state index contributed by atoms with van der Waals surface area (Å²) in [6.45, 7) is 0.380. The van der Waals surface area contributed by atoms with E-state index < -0.39 is 5.97 Å². The van der Waals surface area contributed by atoms with E-state index in [1.165, 1.54) is 4.90 Å². The van der Waals surface area contributed by atoms with Crippen molar-refractivity contribution in [3.05, 3.63) is 24.3 Å². The van der Waals surface area contributed by atoms with Gasteiger partial charge >= 0.3 is 12.0 Å². The predicted octanol–water partition coefficient (Wildman–Crippen LogP) is 1.60. The lowest BCUT2D eigenvalue weighted by molar-refractivity contribution is -0.137. The van der Waals surface area contributed by atoms with Gasteiger partial charge in [0, 0.05) is 20.0 Å². The summed E-state index contributed by atoms with van der Waals surface area (Å²) in [4.78, 5) is 23.5. The van der Waals surface area contributed by atoms with Gasteiger partial charge in [-0.05, 0) is 18.6 Å². The van der Waals surface area contributed by atoms with Crippen LogP contribution in [0, 0.1) is 0 Å². The number of amides is 2. The van der Waals surface area contributed by atoms with Crippen LogP contribution in [0.5, 0.6) is 0 Å². The van der Waals surface area contributed by atoms with Crippen molar-refractivity contribution in [2.75, 3.05) is 24.6 Å². The topological polar surface area (TPSA) is 95.7 Å². The quantitative estimate of drug-likeness (QED) is 0.692. The molecular formula is C12H17N3O3. The molecule has 2 amide bonds. The van der Waals surface area contributed by atoms with Crippen LogP contribution in [0.2, 0.25) is 0 Å². The Balaban J connectivity index is 2.45. The fourth-order valence-electron chi connectivity index (χ4n) is 1.39. The maximum absolute atomic E-state index is 11.8. The van der Waals surface area contributed by atoms with Crippen molar-refractivity contribution in [2.45, 2.75) is 12.8 Å². The third kappa shape index (κ3) is 4.32. The maximum Gasteiger partial charge on any atom is 0.321 e. The van der Waals surface area contributed by atoms with Crippen LogP contribution in [0.4, 0.5) is 16.2 Å². The number of nitrogens with one attached hydrogen (secondary N) is 1. The molecule has 0 radical (unpaired) electrons. The van der Waals surface area contributed by atoms with Crippen molar-refractivity contribution in [1.82, 2.24) is 4.90 Å². The Morgan fingerprint density at radius 2 is 2.06 bits per heavy atom. The van der Waals surface area contributed by atoms with Crippen LogP contribution < -0.4 is 11.1 Å². The third-order valence-electron chi connectivity index (χ3n) is 2.43. The summed E-state index contributed by atoms with van der Waals surface area (Å²) >= 11 is 0. The molecule has 0 heterocycles. The van der Waals surface area contributed by atoms with Gasteiger partial charge in [-0.3, -0.25) is 4.79 Å². The van der Waals surface area contributed by atoms with Crippen LogP contribution in [-0.4, -0.2) is 35.6 Å². The average molecular weight is 251 g/mol. The fourth-order valence-corrected chi connectivity index (χ4v) is 1.39. The molecule has 98 valence electrons. The zero-order chi connectivity index (χ0) is 13.5. The number of carboxylic acid groups (broad SMARTS) is 1. The Hall–Kier alpha value is -2.24. The number of nitrogen functional groups attached to an aromatic ring is 1. The highest BCUT2D eigenvalue weighted by Gasteiger charge is 2.10. The van der Waals surface area contributed by atoms with Crippen molar-refractivity contribution < 1.29 is 14.7 Å². The summed E-state index contributed by atoms with van der Waals surface area (Å²) in [5.74, 6) is -0.865. The highest BCUT2D eigenvalue weighted by atomic mass is 16.4. The highest BCUT2D eigenvalue weighted by molar-refractivity contribution is 5.92. The van der Waals surface area contributed by atoms with Crippen LogP contribution in [0.15, 0.2) is 24.3 Å². The number of hydrogen-bond donors (Lipinski definition) is 3. The first-order valence-electron chi connectivity index (χ1n) is 5.59. The summed E-state index contributed by atoms with van der Waals surface area (Å²) in [5, 5.41) is 11.2. The van der Waals surface area contributed by atoms with Gasteiger partial charge in [-0.2, -0.15) is 0 Å². The monoisotopic (exact) mass is 251 g/mol. The molecule has 18 heavy (non-hydrogen) atoms. The number of carbonyl (C=O) groups is 2. The van der Waals surface area contributed by atoms with Crippen molar-refractivity contribution >= 4 is 23.4 Å². The molecule has 4 N–H and O–H groups in total. The number of nitrogens with zero attached hydrogens (tertiary/aromatic N) is 1. The zero-order valence-corrected chi connectivity index (χ0v) is 10.2. The smallest absolute Gasteiger partial charge is 0.321 e. The number of urea groups is 1. The predicted molar refractivity (Wildman–Crippen MR) is 69.4 cm³/mol. The number of carboxylic acids is 1. The average Bonchev–Trinajstić information content (AvgIpc) is 2.31. The zero-order valence-electron chi connectivity index (χ0n) is 10.2. The van der Waals surface area contributed by atoms with Gasteiger partial charge in [0.1, 0.15) is 0 Å². The first-order valence-corrected chi connectivity index (χ1v) is 5.59. The molecule has 1 aromatic rings. The molecule has 0 aliphatic heterocycles. The van der Waals surface area contributed by atoms with Gasteiger partial charge in [-0.15, -0.1) is 0 Å². The van der Waals surface area contributed by atoms with Crippen molar-refractivity contribution in [3.63, 3.8) is 0 Å². The second-order valence-corrected chi connectivity index (χ2v) is 3.94. The summed E-state index contributed by atoms with van der Waals surface area (Å²) in [6, 6.07) is 6.65. The van der Waals surface area contributed by atoms with E-state index in [-0.39, 0.29) is 12.5 Å². The van der Waals surface area contributed by atoms with Gasteiger partial charge < -0.3 is 21.1 Å². The van der Waals surface area contributed by atoms with Gasteiger partial charge in [-0.1, -0.05) is 12.1 Å². The van der Waals surface area contributed by atoms with Crippen molar-refractivity contribution in [3.8, 4) is 0 Å². The number of hydrogen-bond acceptors (Lipinski definition) is 3. The largest absolute Gasteiger partial charge is 0.481 e. The molecule has 0 aliphatic rings. The van der Waals surface area contributed by atoms with E-state index in [0.29, 0.717) is 24.3 Å². The van der Waals surface area contributed by atoms with Gasteiger partial charge in [-0.25, -0.2) is 4.79 Å². The first-order chi connectivity index (χ1) is 8.50. The van der Waals surface area contributed by atoms with E-state index in [9.17, 15) is 9.59 Å². The minimum atomic E-state index is -0.865. The SMILES string of the molecule is CN(CCCC(=O)O)C(=O)Nc1ccccc1N. The van der Waals surface area contributed by atoms with Crippen LogP contribution in [0.25, 0.3) is 0 Å². The molecule has 6 heteroatoms. The molecule has 0 fully saturated rings. The number of benzene rings is 1. The van der Waals surface area contributed by atoms with Crippen molar-refractivity contribution in [2.24, 2.45) is 0 Å². The van der Waals surface area contributed by atoms with Gasteiger partial charge in [0.2, 0.25) is 0 Å². The molecular weight excluding hydrogens is 234 g/mol. The molecule has 0 atom stereocenters. The van der Waals surface area contributed by atoms with Crippen molar-refractivity contribution in [1.29, 1.82) is 0 Å². The number of anilines is 2. The lowest BCUT2D eigenvalue weighted by atomic mass is 10.2. The van der Waals surface area contributed by atoms with Gasteiger partial charge in [0.25, 0.3) is 0 Å². The van der Waals surface area contributed by atoms with E-state index in [1.807, 2.05) is 0 Å². The number of para-hydroxylation sites is 2. The van der Waals surface area contributed by atoms with Gasteiger partial charge in [0.05, 0.1) is 11.4 Å². The Kier molecular flexibility index (Phi) is 4.98. The Bertz CT molecular complexity index is 434. The molecule has 1 aromatic carbocycles. The molecule has 0 spiro atoms. The molecule has 0 saturated carbocycles. The second kappa shape index (κ2) is 6.48. The lowest BCUT2D eigenvalue weighted by Gasteiger charge is -2.18. The lowest BCUT2D eigenvalue weighted by Crippen LogP contribution is -2.32. The molecule has 1 rings (SSSR count). The number of aliphatic carboxylic acids is 1. The Morgan fingerprint density at radius 1 is 1.39 bits per heavy atom. The van der Waals surface area contributed by atoms with Crippen LogP contribution >= 0.6 is 0 Å². The molecule has 6 nitrogen and oxygen atoms in total. The fraction of sp³-hybridized carbons (Fsp3) is 0.333. The minimum absolute atomic E-state index is 0.0467.